The fourth-order valence-electron chi connectivity index (χ4n) is 10.5. The van der Waals surface area contributed by atoms with Gasteiger partial charge < -0.3 is 61.1 Å². The summed E-state index contributed by atoms with van der Waals surface area (Å²) in [6.45, 7) is 29.2. The van der Waals surface area contributed by atoms with Crippen molar-refractivity contribution in [3.05, 3.63) is 12.2 Å². The van der Waals surface area contributed by atoms with Crippen LogP contribution in [0.15, 0.2) is 12.2 Å². The largest absolute Gasteiger partial charge is 0.390 e. The monoisotopic (exact) mass is 1190 g/mol. The second-order valence-corrected chi connectivity index (χ2v) is 25.7. The zero-order chi connectivity index (χ0) is 65.1. The Kier molecular flexibility index (Phi) is 31.4. The van der Waals surface area contributed by atoms with E-state index >= 15 is 9.59 Å². The summed E-state index contributed by atoms with van der Waals surface area (Å²) in [5.41, 5.74) is 0. The van der Waals surface area contributed by atoms with E-state index in [1.807, 2.05) is 55.4 Å². The number of hydrogen-bond donors (Lipinski definition) is 6. The fourth-order valence-corrected chi connectivity index (χ4v) is 10.5. The van der Waals surface area contributed by atoms with Crippen LogP contribution in [0.25, 0.3) is 0 Å². The number of likely N-dealkylation sites (N-methyl/N-ethyl adjacent to an activating group) is 6. The van der Waals surface area contributed by atoms with Crippen LogP contribution in [-0.4, -0.2) is 215 Å². The van der Waals surface area contributed by atoms with Crippen LogP contribution < -0.4 is 26.6 Å². The molecule has 0 saturated carbocycles. The summed E-state index contributed by atoms with van der Waals surface area (Å²) in [4.78, 5) is 166. The highest BCUT2D eigenvalue weighted by Crippen LogP contribution is 2.25. The number of allylic oxidation sites excluding steroid dienone is 2. The topological polar surface area (TPSA) is 288 Å². The molecule has 0 aromatic carbocycles. The van der Waals surface area contributed by atoms with E-state index in [0.717, 1.165) is 9.80 Å². The zero-order valence-electron chi connectivity index (χ0n) is 55.1. The maximum atomic E-state index is 15.1. The van der Waals surface area contributed by atoms with Gasteiger partial charge in [0, 0.05) is 42.3 Å². The first-order valence-electron chi connectivity index (χ1n) is 30.2. The molecule has 480 valence electrons. The fraction of sp³-hybridized carbons (Fsp3) is 0.787. The lowest BCUT2D eigenvalue weighted by molar-refractivity contribution is -0.157. The summed E-state index contributed by atoms with van der Waals surface area (Å²) in [5, 5.41) is 25.7. The van der Waals surface area contributed by atoms with Crippen molar-refractivity contribution in [3.63, 3.8) is 0 Å². The number of rotatable bonds is 15. The van der Waals surface area contributed by atoms with Crippen LogP contribution in [0, 0.1) is 41.4 Å². The van der Waals surface area contributed by atoms with Gasteiger partial charge in [0.05, 0.1) is 12.6 Å². The molecule has 84 heavy (non-hydrogen) atoms. The lowest BCUT2D eigenvalue weighted by atomic mass is 9.91. The van der Waals surface area contributed by atoms with Crippen LogP contribution in [0.4, 0.5) is 0 Å². The molecule has 1 heterocycles. The Labute approximate surface area is 502 Å². The maximum Gasteiger partial charge on any atom is 0.246 e. The molecular formula is C61H109N11O12. The molecule has 1 aliphatic rings. The van der Waals surface area contributed by atoms with Gasteiger partial charge in [-0.05, 0) is 101 Å². The van der Waals surface area contributed by atoms with Gasteiger partial charge in [0.15, 0.2) is 0 Å². The van der Waals surface area contributed by atoms with Crippen LogP contribution in [-0.2, 0) is 52.7 Å². The third kappa shape index (κ3) is 21.7. The predicted molar refractivity (Wildman–Crippen MR) is 324 cm³/mol. The Balaban J connectivity index is 4.27. The van der Waals surface area contributed by atoms with Gasteiger partial charge >= 0.3 is 0 Å². The van der Waals surface area contributed by atoms with Gasteiger partial charge in [-0.1, -0.05) is 109 Å². The van der Waals surface area contributed by atoms with Gasteiger partial charge in [-0.3, -0.25) is 52.7 Å². The number of nitrogens with zero attached hydrogens (tertiary/aromatic N) is 6. The summed E-state index contributed by atoms with van der Waals surface area (Å²) in [6, 6.07) is -12.4. The van der Waals surface area contributed by atoms with E-state index in [0.29, 0.717) is 6.42 Å². The van der Waals surface area contributed by atoms with Crippen molar-refractivity contribution in [2.45, 2.75) is 223 Å². The first-order chi connectivity index (χ1) is 38.8. The number of hydrogen-bond acceptors (Lipinski definition) is 12. The third-order valence-electron chi connectivity index (χ3n) is 15.6. The molecule has 23 heteroatoms. The SMILES string of the molecule is C/C=C/C[C@@H](C)[C@@H](O)[C@H]1C(=O)N[C@H](CC)C(=O)N(C)CC(=O)N[C@@H](CC(C)C)C(=O)N[C@@H](C(C)C)C(=O)N(C)[C@H](CC(C)C)C(=O)N[C@@H](C)C(=O)N[C@H](C)C(=O)N(C)[C@@H](CC(C)C)C(=O)N(C)[C@@H](CC(C)C)C(=O)N(C)[C@H](C(C)C)C(=O)N1C. The van der Waals surface area contributed by atoms with E-state index < -0.39 is 156 Å². The molecule has 1 rings (SSSR count). The molecular weight excluding hydrogens is 1080 g/mol. The Morgan fingerprint density at radius 2 is 0.917 bits per heavy atom. The molecule has 0 radical (unpaired) electrons. The lowest BCUT2D eigenvalue weighted by Crippen LogP contribution is -2.63. The predicted octanol–water partition coefficient (Wildman–Crippen LogP) is 2.93. The normalized spacial score (nSPS) is 27.0. The highest BCUT2D eigenvalue weighted by molar-refractivity contribution is 5.99. The Morgan fingerprint density at radius 1 is 0.464 bits per heavy atom. The maximum absolute atomic E-state index is 15.1. The highest BCUT2D eigenvalue weighted by Gasteiger charge is 2.45. The summed E-state index contributed by atoms with van der Waals surface area (Å²) < 4.78 is 0. The zero-order valence-corrected chi connectivity index (χ0v) is 55.1. The van der Waals surface area contributed by atoms with Crippen LogP contribution in [0.2, 0.25) is 0 Å². The molecule has 0 aromatic heterocycles. The molecule has 11 amide bonds. The Morgan fingerprint density at radius 3 is 1.38 bits per heavy atom. The van der Waals surface area contributed by atoms with E-state index in [2.05, 4.69) is 26.6 Å². The van der Waals surface area contributed by atoms with E-state index in [1.54, 1.807) is 60.6 Å². The molecule has 0 spiro atoms. The number of carbonyl (C=O) groups is 11. The minimum absolute atomic E-state index is 0.0205. The van der Waals surface area contributed by atoms with Gasteiger partial charge in [0.2, 0.25) is 65.0 Å². The molecule has 1 aliphatic heterocycles. The minimum atomic E-state index is -1.61. The van der Waals surface area contributed by atoms with Crippen molar-refractivity contribution in [2.24, 2.45) is 41.4 Å². The van der Waals surface area contributed by atoms with Crippen molar-refractivity contribution in [3.8, 4) is 0 Å². The Hall–Kier alpha value is -6.13. The summed E-state index contributed by atoms with van der Waals surface area (Å²) in [5.74, 6) is -9.86. The number of aliphatic hydroxyl groups is 1. The van der Waals surface area contributed by atoms with Gasteiger partial charge in [-0.25, -0.2) is 0 Å². The van der Waals surface area contributed by atoms with Crippen LogP contribution in [0.3, 0.4) is 0 Å². The van der Waals surface area contributed by atoms with Gasteiger partial charge in [-0.15, -0.1) is 0 Å². The molecule has 23 nitrogen and oxygen atoms in total. The molecule has 0 bridgehead atoms. The second-order valence-electron chi connectivity index (χ2n) is 25.7. The van der Waals surface area contributed by atoms with Crippen molar-refractivity contribution >= 4 is 65.0 Å². The molecule has 0 aromatic rings. The average molecular weight is 1190 g/mol. The lowest BCUT2D eigenvalue weighted by Gasteiger charge is -2.41. The van der Waals surface area contributed by atoms with Crippen LogP contribution in [0.5, 0.6) is 0 Å². The van der Waals surface area contributed by atoms with E-state index in [1.165, 1.54) is 75.7 Å². The molecule has 0 aliphatic carbocycles. The number of aliphatic hydroxyl groups excluding tert-OH is 1. The molecule has 0 unspecified atom stereocenters. The van der Waals surface area contributed by atoms with E-state index in [-0.39, 0.29) is 55.8 Å². The molecule has 6 N–H and O–H groups in total. The third-order valence-corrected chi connectivity index (χ3v) is 15.6. The molecule has 12 atom stereocenters. The molecule has 1 fully saturated rings. The van der Waals surface area contributed by atoms with Gasteiger partial charge in [-0.2, -0.15) is 0 Å². The average Bonchev–Trinajstić information content (AvgIpc) is 3.34. The smallest absolute Gasteiger partial charge is 0.246 e. The standard InChI is InChI=1S/C61H109N11O12/c1-24-26-27-39(15)51(74)50-55(78)65-42(25-2)57(80)67(18)32-47(73)64-43(28-33(3)4)53(76)66-48(37(11)12)60(83)68(19)44(29-34(5)6)54(77)62-40(16)52(75)63-41(17)56(79)69(20)45(30-35(7)8)58(81)70(21)46(31-36(9)10)59(82)71(22)49(38(13)14)61(84)72(50)23/h24,26,33-46,48-51,74H,25,27-32H2,1-23H3,(H,62,77)(H,63,75)(H,64,73)(H,65,78)(H,66,76)/b26-24+/t39-,40+,41-,42-,43+,44-,45+,46+,48+,49-,50+,51-/m1/s1. The van der Waals surface area contributed by atoms with Gasteiger partial charge in [0.1, 0.15) is 60.4 Å². The van der Waals surface area contributed by atoms with Crippen molar-refractivity contribution in [2.75, 3.05) is 48.8 Å². The van der Waals surface area contributed by atoms with Crippen molar-refractivity contribution in [1.82, 2.24) is 56.0 Å². The number of amides is 11. The number of carbonyl (C=O) groups excluding carboxylic acids is 11. The van der Waals surface area contributed by atoms with E-state index in [9.17, 15) is 48.3 Å². The first-order valence-corrected chi connectivity index (χ1v) is 30.2. The van der Waals surface area contributed by atoms with Crippen LogP contribution >= 0.6 is 0 Å². The summed E-state index contributed by atoms with van der Waals surface area (Å²) >= 11 is 0. The van der Waals surface area contributed by atoms with Crippen LogP contribution in [0.1, 0.15) is 156 Å². The summed E-state index contributed by atoms with van der Waals surface area (Å²) in [7, 11) is 8.46. The second kappa shape index (κ2) is 34.7. The van der Waals surface area contributed by atoms with E-state index in [4.69, 9.17) is 0 Å². The number of nitrogens with one attached hydrogen (secondary N) is 5. The molecule has 1 saturated heterocycles. The van der Waals surface area contributed by atoms with Crippen molar-refractivity contribution < 1.29 is 57.8 Å². The first kappa shape index (κ1) is 75.9. The highest BCUT2D eigenvalue weighted by atomic mass is 16.3. The minimum Gasteiger partial charge on any atom is -0.390 e. The van der Waals surface area contributed by atoms with Crippen molar-refractivity contribution in [1.29, 1.82) is 0 Å². The van der Waals surface area contributed by atoms with Gasteiger partial charge in [0.25, 0.3) is 0 Å². The Bertz CT molecular complexity index is 2290. The quantitative estimate of drug-likeness (QED) is 0.129. The summed E-state index contributed by atoms with van der Waals surface area (Å²) in [6.07, 6.45) is 3.01.